The Bertz CT molecular complexity index is 1080. The van der Waals surface area contributed by atoms with Gasteiger partial charge in [-0.3, -0.25) is 20.0 Å². The van der Waals surface area contributed by atoms with Gasteiger partial charge < -0.3 is 9.47 Å². The van der Waals surface area contributed by atoms with Gasteiger partial charge in [0.1, 0.15) is 29.2 Å². The first-order chi connectivity index (χ1) is 15.0. The van der Waals surface area contributed by atoms with Gasteiger partial charge in [-0.1, -0.05) is 17.7 Å². The van der Waals surface area contributed by atoms with E-state index in [0.29, 0.717) is 12.4 Å². The van der Waals surface area contributed by atoms with Gasteiger partial charge in [0.2, 0.25) is 0 Å². The minimum atomic E-state index is -0.495. The van der Waals surface area contributed by atoms with E-state index in [1.807, 2.05) is 31.2 Å². The van der Waals surface area contributed by atoms with Crippen LogP contribution in [0.5, 0.6) is 11.5 Å². The van der Waals surface area contributed by atoms with Crippen LogP contribution in [0.15, 0.2) is 48.5 Å². The lowest BCUT2D eigenvalue weighted by Gasteiger charge is -2.32. The summed E-state index contributed by atoms with van der Waals surface area (Å²) < 4.78 is 12.0. The number of pyridine rings is 1. The number of aromatic nitrogens is 1. The fourth-order valence-corrected chi connectivity index (χ4v) is 3.97. The summed E-state index contributed by atoms with van der Waals surface area (Å²) in [5, 5.41) is 12.2. The molecule has 1 saturated heterocycles. The topological polar surface area (TPSA) is 77.7 Å². The summed E-state index contributed by atoms with van der Waals surface area (Å²) in [6, 6.07) is 14.6. The quantitative estimate of drug-likeness (QED) is 0.378. The Balaban J connectivity index is 1.26. The molecule has 162 valence electrons. The Morgan fingerprint density at radius 1 is 1.19 bits per heavy atom. The summed E-state index contributed by atoms with van der Waals surface area (Å²) in [6.07, 6.45) is 1.74. The normalized spacial score (nSPS) is 15.2. The van der Waals surface area contributed by atoms with Crippen molar-refractivity contribution in [3.8, 4) is 11.5 Å². The van der Waals surface area contributed by atoms with Crippen LogP contribution in [0.1, 0.15) is 18.5 Å². The van der Waals surface area contributed by atoms with E-state index in [-0.39, 0.29) is 16.8 Å². The van der Waals surface area contributed by atoms with Gasteiger partial charge in [0.05, 0.1) is 16.5 Å². The molecule has 4 rings (SSSR count). The predicted octanol–water partition coefficient (Wildman–Crippen LogP) is 5.03. The van der Waals surface area contributed by atoms with Gasteiger partial charge in [-0.25, -0.2) is 0 Å². The first-order valence-corrected chi connectivity index (χ1v) is 10.7. The van der Waals surface area contributed by atoms with E-state index >= 15 is 0 Å². The first kappa shape index (κ1) is 21.3. The summed E-state index contributed by atoms with van der Waals surface area (Å²) in [5.41, 5.74) is 1.80. The Morgan fingerprint density at radius 3 is 2.77 bits per heavy atom. The lowest BCUT2D eigenvalue weighted by Crippen LogP contribution is -2.40. The van der Waals surface area contributed by atoms with Crippen LogP contribution < -0.4 is 9.47 Å². The number of piperidine rings is 1. The summed E-state index contributed by atoms with van der Waals surface area (Å²) in [4.78, 5) is 17.4. The molecule has 8 heteroatoms. The van der Waals surface area contributed by atoms with Crippen LogP contribution in [-0.2, 0) is 0 Å². The molecule has 31 heavy (non-hydrogen) atoms. The van der Waals surface area contributed by atoms with E-state index in [4.69, 9.17) is 21.1 Å². The van der Waals surface area contributed by atoms with Crippen molar-refractivity contribution in [3.05, 3.63) is 69.4 Å². The second-order valence-corrected chi connectivity index (χ2v) is 8.06. The Labute approximate surface area is 185 Å². The Hall–Kier alpha value is -2.90. The zero-order valence-electron chi connectivity index (χ0n) is 17.3. The second kappa shape index (κ2) is 9.49. The third-order valence-electron chi connectivity index (χ3n) is 5.45. The van der Waals surface area contributed by atoms with Crippen molar-refractivity contribution >= 4 is 28.2 Å². The standard InChI is InChI=1S/C23H24ClN3O4/c1-16-5-7-19-21(25-16)3-2-4-23(19)30-14-13-26-11-9-17(10-12-26)31-18-6-8-20(24)22(15-18)27(28)29/h2-8,15,17H,9-14H2,1H3. The van der Waals surface area contributed by atoms with Crippen LogP contribution >= 0.6 is 11.6 Å². The fraction of sp³-hybridized carbons (Fsp3) is 0.348. The third-order valence-corrected chi connectivity index (χ3v) is 5.77. The molecule has 0 aliphatic carbocycles. The van der Waals surface area contributed by atoms with E-state index in [9.17, 15) is 10.1 Å². The molecule has 2 heterocycles. The number of nitrogens with zero attached hydrogens (tertiary/aromatic N) is 3. The number of likely N-dealkylation sites (tertiary alicyclic amines) is 1. The number of benzene rings is 2. The Kier molecular flexibility index (Phi) is 6.53. The van der Waals surface area contributed by atoms with Gasteiger partial charge in [-0.2, -0.15) is 0 Å². The Morgan fingerprint density at radius 2 is 2.00 bits per heavy atom. The number of nitro benzene ring substituents is 1. The lowest BCUT2D eigenvalue weighted by molar-refractivity contribution is -0.384. The minimum Gasteiger partial charge on any atom is -0.492 e. The van der Waals surface area contributed by atoms with Gasteiger partial charge >= 0.3 is 0 Å². The zero-order valence-corrected chi connectivity index (χ0v) is 18.0. The molecule has 1 aromatic heterocycles. The van der Waals surface area contributed by atoms with E-state index < -0.39 is 4.92 Å². The third kappa shape index (κ3) is 5.24. The zero-order chi connectivity index (χ0) is 21.8. The molecule has 0 N–H and O–H groups in total. The first-order valence-electron chi connectivity index (χ1n) is 10.3. The maximum atomic E-state index is 11.0. The molecule has 0 spiro atoms. The summed E-state index contributed by atoms with van der Waals surface area (Å²) in [7, 11) is 0. The summed E-state index contributed by atoms with van der Waals surface area (Å²) in [5.74, 6) is 1.34. The van der Waals surface area contributed by atoms with Gasteiger partial charge in [0, 0.05) is 30.7 Å². The smallest absolute Gasteiger partial charge is 0.291 e. The van der Waals surface area contributed by atoms with Crippen molar-refractivity contribution in [2.75, 3.05) is 26.2 Å². The van der Waals surface area contributed by atoms with Crippen molar-refractivity contribution in [1.29, 1.82) is 0 Å². The van der Waals surface area contributed by atoms with Crippen LogP contribution in [0.25, 0.3) is 10.9 Å². The molecule has 0 radical (unpaired) electrons. The van der Waals surface area contributed by atoms with E-state index in [0.717, 1.165) is 54.8 Å². The van der Waals surface area contributed by atoms with E-state index in [1.54, 1.807) is 6.07 Å². The predicted molar refractivity (Wildman–Crippen MR) is 120 cm³/mol. The minimum absolute atomic E-state index is 0.0327. The number of ether oxygens (including phenoxy) is 2. The van der Waals surface area contributed by atoms with Crippen molar-refractivity contribution in [3.63, 3.8) is 0 Å². The van der Waals surface area contributed by atoms with Gasteiger partial charge in [0.25, 0.3) is 5.69 Å². The molecule has 1 aliphatic heterocycles. The SMILES string of the molecule is Cc1ccc2c(OCCN3CCC(Oc4ccc(Cl)c([N+](=O)[O-])c4)CC3)cccc2n1. The molecule has 0 saturated carbocycles. The number of rotatable bonds is 7. The highest BCUT2D eigenvalue weighted by Crippen LogP contribution is 2.30. The molecular formula is C23H24ClN3O4. The molecule has 0 bridgehead atoms. The molecule has 0 atom stereocenters. The van der Waals surface area contributed by atoms with Crippen LogP contribution in [0.3, 0.4) is 0 Å². The largest absolute Gasteiger partial charge is 0.492 e. The summed E-state index contributed by atoms with van der Waals surface area (Å²) in [6.45, 7) is 5.19. The van der Waals surface area contributed by atoms with Gasteiger partial charge in [-0.15, -0.1) is 0 Å². The van der Waals surface area contributed by atoms with Gasteiger partial charge in [-0.05, 0) is 56.2 Å². The average molecular weight is 442 g/mol. The lowest BCUT2D eigenvalue weighted by atomic mass is 10.1. The van der Waals surface area contributed by atoms with Crippen molar-refractivity contribution < 1.29 is 14.4 Å². The molecule has 2 aromatic carbocycles. The molecule has 7 nitrogen and oxygen atoms in total. The summed E-state index contributed by atoms with van der Waals surface area (Å²) >= 11 is 5.87. The van der Waals surface area contributed by atoms with Crippen LogP contribution in [0, 0.1) is 17.0 Å². The van der Waals surface area contributed by atoms with E-state index in [2.05, 4.69) is 16.0 Å². The van der Waals surface area contributed by atoms with Crippen molar-refractivity contribution in [2.24, 2.45) is 0 Å². The maximum absolute atomic E-state index is 11.0. The highest BCUT2D eigenvalue weighted by Gasteiger charge is 2.22. The highest BCUT2D eigenvalue weighted by molar-refractivity contribution is 6.32. The highest BCUT2D eigenvalue weighted by atomic mass is 35.5. The fourth-order valence-electron chi connectivity index (χ4n) is 3.79. The second-order valence-electron chi connectivity index (χ2n) is 7.65. The van der Waals surface area contributed by atoms with Crippen molar-refractivity contribution in [1.82, 2.24) is 9.88 Å². The van der Waals surface area contributed by atoms with Gasteiger partial charge in [0.15, 0.2) is 0 Å². The average Bonchev–Trinajstić information content (AvgIpc) is 2.76. The van der Waals surface area contributed by atoms with Crippen LogP contribution in [0.2, 0.25) is 5.02 Å². The monoisotopic (exact) mass is 441 g/mol. The molecule has 0 amide bonds. The molecular weight excluding hydrogens is 418 g/mol. The number of aryl methyl sites for hydroxylation is 1. The molecule has 3 aromatic rings. The van der Waals surface area contributed by atoms with Crippen LogP contribution in [0.4, 0.5) is 5.69 Å². The number of fused-ring (bicyclic) bond motifs is 1. The number of nitro groups is 1. The van der Waals surface area contributed by atoms with Crippen molar-refractivity contribution in [2.45, 2.75) is 25.9 Å². The number of hydrogen-bond acceptors (Lipinski definition) is 6. The number of hydrogen-bond donors (Lipinski definition) is 0. The number of halogens is 1. The molecule has 1 fully saturated rings. The molecule has 1 aliphatic rings. The maximum Gasteiger partial charge on any atom is 0.291 e. The van der Waals surface area contributed by atoms with E-state index in [1.165, 1.54) is 12.1 Å². The van der Waals surface area contributed by atoms with Crippen LogP contribution in [-0.4, -0.2) is 47.2 Å². The molecule has 0 unspecified atom stereocenters.